The summed E-state index contributed by atoms with van der Waals surface area (Å²) in [6, 6.07) is 16.7. The Morgan fingerprint density at radius 1 is 1.00 bits per heavy atom. The van der Waals surface area contributed by atoms with E-state index in [1.807, 2.05) is 57.2 Å². The van der Waals surface area contributed by atoms with Gasteiger partial charge in [-0.2, -0.15) is 0 Å². The molecule has 1 amide bonds. The SMILES string of the molecule is COc1ccc([C@@H](C)NC(=O)c2ccc(Cl)c(S(=O)(=O)Nc3cc(C)ccc3C)c2)cc1. The van der Waals surface area contributed by atoms with Gasteiger partial charge < -0.3 is 10.1 Å². The summed E-state index contributed by atoms with van der Waals surface area (Å²) in [6.07, 6.45) is 0. The van der Waals surface area contributed by atoms with E-state index >= 15 is 0 Å². The van der Waals surface area contributed by atoms with Gasteiger partial charge in [0.05, 0.1) is 23.9 Å². The number of carbonyl (C=O) groups is 1. The van der Waals surface area contributed by atoms with Gasteiger partial charge in [-0.15, -0.1) is 0 Å². The van der Waals surface area contributed by atoms with Gasteiger partial charge in [0, 0.05) is 5.56 Å². The van der Waals surface area contributed by atoms with Crippen molar-refractivity contribution in [3.8, 4) is 5.75 Å². The normalized spacial score (nSPS) is 12.2. The smallest absolute Gasteiger partial charge is 0.263 e. The molecule has 0 saturated heterocycles. The molecule has 6 nitrogen and oxygen atoms in total. The molecule has 0 aliphatic heterocycles. The highest BCUT2D eigenvalue weighted by molar-refractivity contribution is 7.92. The van der Waals surface area contributed by atoms with Crippen LogP contribution in [0.5, 0.6) is 5.75 Å². The Hall–Kier alpha value is -3.03. The molecular weight excluding hydrogens is 448 g/mol. The first-order valence-corrected chi connectivity index (χ1v) is 11.8. The van der Waals surface area contributed by atoms with Crippen molar-refractivity contribution in [2.75, 3.05) is 11.8 Å². The molecule has 0 bridgehead atoms. The lowest BCUT2D eigenvalue weighted by atomic mass is 10.1. The second kappa shape index (κ2) is 9.63. The fraction of sp³-hybridized carbons (Fsp3) is 0.208. The maximum atomic E-state index is 13.0. The molecule has 0 heterocycles. The fourth-order valence-electron chi connectivity index (χ4n) is 3.15. The summed E-state index contributed by atoms with van der Waals surface area (Å²) < 4.78 is 33.8. The highest BCUT2D eigenvalue weighted by Crippen LogP contribution is 2.27. The van der Waals surface area contributed by atoms with Crippen LogP contribution in [0, 0.1) is 13.8 Å². The molecule has 0 radical (unpaired) electrons. The zero-order chi connectivity index (χ0) is 23.5. The molecule has 0 spiro atoms. The van der Waals surface area contributed by atoms with E-state index in [1.165, 1.54) is 18.2 Å². The third-order valence-electron chi connectivity index (χ3n) is 5.08. The standard InChI is InChI=1S/C24H25ClN2O4S/c1-15-5-6-16(2)22(13-15)27-32(29,30)23-14-19(9-12-21(23)25)24(28)26-17(3)18-7-10-20(31-4)11-8-18/h5-14,17,27H,1-4H3,(H,26,28)/t17-/m1/s1. The van der Waals surface area contributed by atoms with E-state index in [2.05, 4.69) is 10.0 Å². The number of nitrogens with one attached hydrogen (secondary N) is 2. The van der Waals surface area contributed by atoms with Gasteiger partial charge >= 0.3 is 0 Å². The van der Waals surface area contributed by atoms with Crippen LogP contribution >= 0.6 is 11.6 Å². The van der Waals surface area contributed by atoms with Gasteiger partial charge in [-0.25, -0.2) is 8.42 Å². The Morgan fingerprint density at radius 2 is 1.69 bits per heavy atom. The predicted octanol–water partition coefficient (Wildman–Crippen LogP) is 5.26. The minimum atomic E-state index is -4.00. The van der Waals surface area contributed by atoms with Crippen LogP contribution in [0.3, 0.4) is 0 Å². The van der Waals surface area contributed by atoms with Crippen LogP contribution in [0.1, 0.15) is 40.0 Å². The molecule has 3 aromatic rings. The Labute approximate surface area is 193 Å². The zero-order valence-corrected chi connectivity index (χ0v) is 19.8. The summed E-state index contributed by atoms with van der Waals surface area (Å²) in [6.45, 7) is 5.53. The van der Waals surface area contributed by atoms with Crippen LogP contribution in [-0.2, 0) is 10.0 Å². The maximum Gasteiger partial charge on any atom is 0.263 e. The van der Waals surface area contributed by atoms with E-state index in [0.717, 1.165) is 22.4 Å². The number of rotatable bonds is 7. The number of sulfonamides is 1. The number of anilines is 1. The highest BCUT2D eigenvalue weighted by atomic mass is 35.5. The summed E-state index contributed by atoms with van der Waals surface area (Å²) in [5.74, 6) is 0.310. The molecule has 0 aliphatic carbocycles. The number of ether oxygens (including phenoxy) is 1. The van der Waals surface area contributed by atoms with Crippen LogP contribution in [0.2, 0.25) is 5.02 Å². The number of aryl methyl sites for hydroxylation is 2. The topological polar surface area (TPSA) is 84.5 Å². The van der Waals surface area contributed by atoms with Crippen LogP contribution < -0.4 is 14.8 Å². The van der Waals surface area contributed by atoms with Gasteiger partial charge in [-0.3, -0.25) is 9.52 Å². The molecule has 8 heteroatoms. The monoisotopic (exact) mass is 472 g/mol. The first-order valence-electron chi connectivity index (χ1n) is 9.95. The second-order valence-corrected chi connectivity index (χ2v) is 9.60. The Bertz CT molecular complexity index is 1240. The molecular formula is C24H25ClN2O4S. The Kier molecular flexibility index (Phi) is 7.11. The highest BCUT2D eigenvalue weighted by Gasteiger charge is 2.22. The first kappa shape index (κ1) is 23.6. The molecule has 0 aliphatic rings. The number of benzene rings is 3. The lowest BCUT2D eigenvalue weighted by molar-refractivity contribution is 0.0939. The van der Waals surface area contributed by atoms with Crippen LogP contribution in [0.4, 0.5) is 5.69 Å². The predicted molar refractivity (Wildman–Crippen MR) is 127 cm³/mol. The summed E-state index contributed by atoms with van der Waals surface area (Å²) in [5.41, 5.74) is 3.23. The molecule has 0 unspecified atom stereocenters. The van der Waals surface area contributed by atoms with E-state index in [1.54, 1.807) is 13.2 Å². The molecule has 3 rings (SSSR count). The lowest BCUT2D eigenvalue weighted by Crippen LogP contribution is -2.27. The lowest BCUT2D eigenvalue weighted by Gasteiger charge is -2.16. The number of amides is 1. The first-order chi connectivity index (χ1) is 15.1. The second-order valence-electron chi connectivity index (χ2n) is 7.54. The van der Waals surface area contributed by atoms with E-state index in [-0.39, 0.29) is 21.5 Å². The van der Waals surface area contributed by atoms with Crippen molar-refractivity contribution in [3.63, 3.8) is 0 Å². The third-order valence-corrected chi connectivity index (χ3v) is 6.93. The van der Waals surface area contributed by atoms with Crippen molar-refractivity contribution in [3.05, 3.63) is 87.9 Å². The van der Waals surface area contributed by atoms with Gasteiger partial charge in [-0.05, 0) is 73.9 Å². The average Bonchev–Trinajstić information content (AvgIpc) is 2.76. The summed E-state index contributed by atoms with van der Waals surface area (Å²) >= 11 is 6.19. The fourth-order valence-corrected chi connectivity index (χ4v) is 4.80. The molecule has 3 aromatic carbocycles. The van der Waals surface area contributed by atoms with E-state index in [4.69, 9.17) is 16.3 Å². The van der Waals surface area contributed by atoms with Crippen molar-refractivity contribution >= 4 is 33.2 Å². The molecule has 1 atom stereocenters. The van der Waals surface area contributed by atoms with Gasteiger partial charge in [0.1, 0.15) is 10.6 Å². The molecule has 0 saturated carbocycles. The quantitative estimate of drug-likeness (QED) is 0.491. The molecule has 168 valence electrons. The molecule has 2 N–H and O–H groups in total. The van der Waals surface area contributed by atoms with Crippen molar-refractivity contribution in [1.82, 2.24) is 5.32 Å². The van der Waals surface area contributed by atoms with E-state index in [0.29, 0.717) is 5.69 Å². The molecule has 32 heavy (non-hydrogen) atoms. The van der Waals surface area contributed by atoms with Crippen LogP contribution in [0.15, 0.2) is 65.6 Å². The zero-order valence-electron chi connectivity index (χ0n) is 18.3. The van der Waals surface area contributed by atoms with Crippen LogP contribution in [0.25, 0.3) is 0 Å². The van der Waals surface area contributed by atoms with Gasteiger partial charge in [0.2, 0.25) is 0 Å². The Balaban J connectivity index is 1.83. The number of methoxy groups -OCH3 is 1. The van der Waals surface area contributed by atoms with Gasteiger partial charge in [0.15, 0.2) is 0 Å². The van der Waals surface area contributed by atoms with E-state index < -0.39 is 15.9 Å². The number of carbonyl (C=O) groups excluding carboxylic acids is 1. The van der Waals surface area contributed by atoms with Gasteiger partial charge in [0.25, 0.3) is 15.9 Å². The number of hydrogen-bond donors (Lipinski definition) is 2. The minimum absolute atomic E-state index is 0.0301. The molecule has 0 fully saturated rings. The van der Waals surface area contributed by atoms with Crippen molar-refractivity contribution in [2.45, 2.75) is 31.7 Å². The number of halogens is 1. The maximum absolute atomic E-state index is 13.0. The summed E-state index contributed by atoms with van der Waals surface area (Å²) in [4.78, 5) is 12.6. The minimum Gasteiger partial charge on any atom is -0.497 e. The number of hydrogen-bond acceptors (Lipinski definition) is 4. The van der Waals surface area contributed by atoms with Crippen molar-refractivity contribution in [2.24, 2.45) is 0 Å². The van der Waals surface area contributed by atoms with Crippen LogP contribution in [-0.4, -0.2) is 21.4 Å². The van der Waals surface area contributed by atoms with Gasteiger partial charge in [-0.1, -0.05) is 35.9 Å². The van der Waals surface area contributed by atoms with Crippen molar-refractivity contribution < 1.29 is 17.9 Å². The summed E-state index contributed by atoms with van der Waals surface area (Å²) in [7, 11) is -2.42. The summed E-state index contributed by atoms with van der Waals surface area (Å²) in [5, 5.41) is 2.91. The Morgan fingerprint density at radius 3 is 2.34 bits per heavy atom. The van der Waals surface area contributed by atoms with Crippen molar-refractivity contribution in [1.29, 1.82) is 0 Å². The average molecular weight is 473 g/mol. The largest absolute Gasteiger partial charge is 0.497 e. The van der Waals surface area contributed by atoms with E-state index in [9.17, 15) is 13.2 Å². The third kappa shape index (κ3) is 5.41. The molecule has 0 aromatic heterocycles.